The molecule has 1 heterocycles. The van der Waals surface area contributed by atoms with Gasteiger partial charge in [-0.05, 0) is 63.7 Å². The van der Waals surface area contributed by atoms with Gasteiger partial charge in [0, 0.05) is 19.2 Å². The third-order valence-corrected chi connectivity index (χ3v) is 4.23. The Bertz CT molecular complexity index is 467. The Hall–Kier alpha value is -1.35. The van der Waals surface area contributed by atoms with Crippen LogP contribution in [0.5, 0.6) is 0 Å². The molecule has 1 saturated heterocycles. The lowest BCUT2D eigenvalue weighted by molar-refractivity contribution is 0.0761. The van der Waals surface area contributed by atoms with E-state index < -0.39 is 0 Å². The third kappa shape index (κ3) is 3.40. The zero-order valence-electron chi connectivity index (χ0n) is 13.1. The van der Waals surface area contributed by atoms with Gasteiger partial charge in [-0.2, -0.15) is 0 Å². The van der Waals surface area contributed by atoms with Crippen LogP contribution in [0.2, 0.25) is 0 Å². The summed E-state index contributed by atoms with van der Waals surface area (Å²) in [6, 6.07) is 4.19. The molecule has 1 amide bonds. The molecule has 1 aromatic carbocycles. The molecule has 1 aliphatic heterocycles. The molecule has 2 rings (SSSR count). The predicted octanol–water partition coefficient (Wildman–Crippen LogP) is 2.68. The quantitative estimate of drug-likeness (QED) is 0.919. The van der Waals surface area contributed by atoms with Gasteiger partial charge < -0.3 is 10.2 Å². The highest BCUT2D eigenvalue weighted by molar-refractivity contribution is 5.97. The minimum absolute atomic E-state index is 0.165. The Balaban J connectivity index is 2.10. The zero-order valence-corrected chi connectivity index (χ0v) is 13.1. The average Bonchev–Trinajstić information content (AvgIpc) is 2.38. The van der Waals surface area contributed by atoms with E-state index in [0.717, 1.165) is 36.3 Å². The van der Waals surface area contributed by atoms with Gasteiger partial charge in [0.25, 0.3) is 5.91 Å². The summed E-state index contributed by atoms with van der Waals surface area (Å²) >= 11 is 0. The van der Waals surface area contributed by atoms with Gasteiger partial charge in [-0.25, -0.2) is 0 Å². The standard InChI is InChI=1S/C17H26N2O/c1-12-9-13(2)16(14(3)10-12)17(20)19(4)11-15-5-7-18-8-6-15/h9-10,15,18H,5-8,11H2,1-4H3. The van der Waals surface area contributed by atoms with E-state index in [2.05, 4.69) is 24.4 Å². The number of carbonyl (C=O) groups is 1. The van der Waals surface area contributed by atoms with Gasteiger partial charge in [0.1, 0.15) is 0 Å². The number of rotatable bonds is 3. The molecule has 3 heteroatoms. The van der Waals surface area contributed by atoms with Crippen LogP contribution in [0.1, 0.15) is 39.9 Å². The van der Waals surface area contributed by atoms with Gasteiger partial charge in [0.15, 0.2) is 0 Å². The Morgan fingerprint density at radius 1 is 1.20 bits per heavy atom. The first-order valence-electron chi connectivity index (χ1n) is 7.53. The molecule has 0 aromatic heterocycles. The van der Waals surface area contributed by atoms with E-state index in [4.69, 9.17) is 0 Å². The first-order chi connectivity index (χ1) is 9.49. The number of carbonyl (C=O) groups excluding carboxylic acids is 1. The Kier molecular flexibility index (Phi) is 4.81. The summed E-state index contributed by atoms with van der Waals surface area (Å²) in [5.74, 6) is 0.801. The summed E-state index contributed by atoms with van der Waals surface area (Å²) in [4.78, 5) is 14.6. The number of piperidine rings is 1. The van der Waals surface area contributed by atoms with Crippen LogP contribution >= 0.6 is 0 Å². The lowest BCUT2D eigenvalue weighted by atomic mass is 9.96. The Morgan fingerprint density at radius 2 is 1.75 bits per heavy atom. The fourth-order valence-corrected chi connectivity index (χ4v) is 3.24. The van der Waals surface area contributed by atoms with Gasteiger partial charge in [-0.15, -0.1) is 0 Å². The minimum Gasteiger partial charge on any atom is -0.341 e. The second-order valence-electron chi connectivity index (χ2n) is 6.15. The SMILES string of the molecule is Cc1cc(C)c(C(=O)N(C)CC2CCNCC2)c(C)c1. The summed E-state index contributed by atoms with van der Waals surface area (Å²) in [7, 11) is 1.93. The van der Waals surface area contributed by atoms with Crippen LogP contribution in [0.4, 0.5) is 0 Å². The maximum Gasteiger partial charge on any atom is 0.254 e. The second kappa shape index (κ2) is 6.40. The fourth-order valence-electron chi connectivity index (χ4n) is 3.24. The molecule has 1 fully saturated rings. The summed E-state index contributed by atoms with van der Waals surface area (Å²) < 4.78 is 0. The van der Waals surface area contributed by atoms with Crippen LogP contribution in [-0.4, -0.2) is 37.5 Å². The number of nitrogens with one attached hydrogen (secondary N) is 1. The van der Waals surface area contributed by atoms with Crippen LogP contribution in [0.15, 0.2) is 12.1 Å². The predicted molar refractivity (Wildman–Crippen MR) is 83.2 cm³/mol. The van der Waals surface area contributed by atoms with Crippen LogP contribution in [-0.2, 0) is 0 Å². The number of nitrogens with zero attached hydrogens (tertiary/aromatic N) is 1. The van der Waals surface area contributed by atoms with Gasteiger partial charge in [-0.3, -0.25) is 4.79 Å². The van der Waals surface area contributed by atoms with E-state index in [1.807, 2.05) is 25.8 Å². The number of aryl methyl sites for hydroxylation is 3. The number of hydrogen-bond acceptors (Lipinski definition) is 2. The first kappa shape index (κ1) is 15.0. The van der Waals surface area contributed by atoms with E-state index >= 15 is 0 Å². The molecule has 110 valence electrons. The number of amides is 1. The van der Waals surface area contributed by atoms with Crippen LogP contribution < -0.4 is 5.32 Å². The van der Waals surface area contributed by atoms with Crippen LogP contribution in [0.3, 0.4) is 0 Å². The van der Waals surface area contributed by atoms with Crippen molar-refractivity contribution in [2.75, 3.05) is 26.7 Å². The molecule has 0 aliphatic carbocycles. The van der Waals surface area contributed by atoms with E-state index in [-0.39, 0.29) is 5.91 Å². The molecule has 1 aliphatic rings. The summed E-state index contributed by atoms with van der Waals surface area (Å²) in [5.41, 5.74) is 4.28. The molecule has 3 nitrogen and oxygen atoms in total. The van der Waals surface area contributed by atoms with Gasteiger partial charge >= 0.3 is 0 Å². The molecule has 20 heavy (non-hydrogen) atoms. The maximum atomic E-state index is 12.7. The molecular formula is C17H26N2O. The lowest BCUT2D eigenvalue weighted by Gasteiger charge is -2.28. The molecule has 0 unspecified atom stereocenters. The molecule has 0 atom stereocenters. The van der Waals surface area contributed by atoms with E-state index in [1.54, 1.807) is 0 Å². The van der Waals surface area contributed by atoms with Crippen molar-refractivity contribution < 1.29 is 4.79 Å². The van der Waals surface area contributed by atoms with E-state index in [9.17, 15) is 4.79 Å². The minimum atomic E-state index is 0.165. The highest BCUT2D eigenvalue weighted by Crippen LogP contribution is 2.20. The van der Waals surface area contributed by atoms with Crippen molar-refractivity contribution in [3.8, 4) is 0 Å². The van der Waals surface area contributed by atoms with E-state index in [1.165, 1.54) is 18.4 Å². The van der Waals surface area contributed by atoms with Crippen molar-refractivity contribution >= 4 is 5.91 Å². The maximum absolute atomic E-state index is 12.7. The Labute approximate surface area is 122 Å². The van der Waals surface area contributed by atoms with Crippen molar-refractivity contribution in [1.82, 2.24) is 10.2 Å². The zero-order chi connectivity index (χ0) is 14.7. The molecule has 0 saturated carbocycles. The summed E-state index contributed by atoms with van der Waals surface area (Å²) in [6.07, 6.45) is 2.34. The molecule has 1 N–H and O–H groups in total. The normalized spacial score (nSPS) is 16.2. The monoisotopic (exact) mass is 274 g/mol. The average molecular weight is 274 g/mol. The lowest BCUT2D eigenvalue weighted by Crippen LogP contribution is -2.37. The second-order valence-corrected chi connectivity index (χ2v) is 6.15. The topological polar surface area (TPSA) is 32.3 Å². The molecule has 0 radical (unpaired) electrons. The van der Waals surface area contributed by atoms with Crippen LogP contribution in [0, 0.1) is 26.7 Å². The van der Waals surface area contributed by atoms with Gasteiger partial charge in [-0.1, -0.05) is 17.7 Å². The molecule has 0 bridgehead atoms. The third-order valence-electron chi connectivity index (χ3n) is 4.23. The van der Waals surface area contributed by atoms with Gasteiger partial charge in [0.05, 0.1) is 0 Å². The van der Waals surface area contributed by atoms with Gasteiger partial charge in [0.2, 0.25) is 0 Å². The molecular weight excluding hydrogens is 248 g/mol. The molecule has 0 spiro atoms. The van der Waals surface area contributed by atoms with Crippen molar-refractivity contribution in [1.29, 1.82) is 0 Å². The fraction of sp³-hybridized carbons (Fsp3) is 0.588. The summed E-state index contributed by atoms with van der Waals surface area (Å²) in [5, 5.41) is 3.37. The number of hydrogen-bond donors (Lipinski definition) is 1. The summed E-state index contributed by atoms with van der Waals surface area (Å²) in [6.45, 7) is 9.17. The van der Waals surface area contributed by atoms with Crippen molar-refractivity contribution in [2.45, 2.75) is 33.6 Å². The van der Waals surface area contributed by atoms with Crippen LogP contribution in [0.25, 0.3) is 0 Å². The Morgan fingerprint density at radius 3 is 2.30 bits per heavy atom. The molecule has 1 aromatic rings. The first-order valence-corrected chi connectivity index (χ1v) is 7.53. The van der Waals surface area contributed by atoms with E-state index in [0.29, 0.717) is 5.92 Å². The highest BCUT2D eigenvalue weighted by atomic mass is 16.2. The van der Waals surface area contributed by atoms with Crippen molar-refractivity contribution in [3.63, 3.8) is 0 Å². The highest BCUT2D eigenvalue weighted by Gasteiger charge is 2.21. The van der Waals surface area contributed by atoms with Crippen molar-refractivity contribution in [2.24, 2.45) is 5.92 Å². The smallest absolute Gasteiger partial charge is 0.254 e. The number of benzene rings is 1. The largest absolute Gasteiger partial charge is 0.341 e. The van der Waals surface area contributed by atoms with Crippen molar-refractivity contribution in [3.05, 3.63) is 34.4 Å².